The van der Waals surface area contributed by atoms with Crippen LogP contribution in [0.5, 0.6) is 11.8 Å². The molecule has 0 aliphatic carbocycles. The summed E-state index contributed by atoms with van der Waals surface area (Å²) in [6.45, 7) is 1.71. The third kappa shape index (κ3) is 4.13. The molecule has 9 heteroatoms. The van der Waals surface area contributed by atoms with Gasteiger partial charge < -0.3 is 19.7 Å². The zero-order chi connectivity index (χ0) is 23.0. The highest BCUT2D eigenvalue weighted by Crippen LogP contribution is 2.31. The lowest BCUT2D eigenvalue weighted by molar-refractivity contribution is 0.0695. The first-order valence-corrected chi connectivity index (χ1v) is 10.0. The molecule has 0 bridgehead atoms. The van der Waals surface area contributed by atoms with Gasteiger partial charge in [-0.25, -0.2) is 9.78 Å². The van der Waals surface area contributed by atoms with Gasteiger partial charge in [-0.05, 0) is 42.8 Å². The molecule has 8 nitrogen and oxygen atoms in total. The number of hydrogen-bond donors (Lipinski definition) is 2. The highest BCUT2D eigenvalue weighted by molar-refractivity contribution is 6.33. The number of ether oxygens (including phenoxy) is 1. The number of aromatic nitrogens is 3. The molecule has 0 aliphatic heterocycles. The van der Waals surface area contributed by atoms with Crippen molar-refractivity contribution in [2.45, 2.75) is 6.92 Å². The fraction of sp³-hybridized carbons (Fsp3) is 0.130. The Bertz CT molecular complexity index is 1350. The maximum absolute atomic E-state index is 12.1. The van der Waals surface area contributed by atoms with Gasteiger partial charge in [-0.15, -0.1) is 0 Å². The molecular formula is C23H19ClN4O4. The minimum absolute atomic E-state index is 0.0951. The van der Waals surface area contributed by atoms with E-state index in [1.54, 1.807) is 63.5 Å². The van der Waals surface area contributed by atoms with E-state index in [1.165, 1.54) is 11.0 Å². The molecule has 0 saturated heterocycles. The lowest BCUT2D eigenvalue weighted by Crippen LogP contribution is -2.21. The summed E-state index contributed by atoms with van der Waals surface area (Å²) in [5.74, 6) is -0.796. The van der Waals surface area contributed by atoms with Crippen LogP contribution < -0.4 is 4.74 Å². The van der Waals surface area contributed by atoms with Crippen LogP contribution in [0.3, 0.4) is 0 Å². The van der Waals surface area contributed by atoms with Crippen molar-refractivity contribution in [2.75, 3.05) is 14.1 Å². The number of amides is 1. The second-order valence-electron chi connectivity index (χ2n) is 7.39. The van der Waals surface area contributed by atoms with Gasteiger partial charge in [0.25, 0.3) is 5.91 Å². The van der Waals surface area contributed by atoms with Gasteiger partial charge in [0.1, 0.15) is 5.75 Å². The van der Waals surface area contributed by atoms with Gasteiger partial charge in [0.05, 0.1) is 21.8 Å². The molecule has 4 aromatic rings. The summed E-state index contributed by atoms with van der Waals surface area (Å²) in [7, 11) is 3.39. The second-order valence-corrected chi connectivity index (χ2v) is 7.80. The first-order chi connectivity index (χ1) is 15.2. The van der Waals surface area contributed by atoms with Crippen LogP contribution in [0.1, 0.15) is 26.3 Å². The third-order valence-electron chi connectivity index (χ3n) is 4.87. The smallest absolute Gasteiger partial charge is 0.336 e. The van der Waals surface area contributed by atoms with Gasteiger partial charge in [0.15, 0.2) is 5.65 Å². The van der Waals surface area contributed by atoms with Crippen LogP contribution in [0, 0.1) is 6.92 Å². The van der Waals surface area contributed by atoms with Crippen molar-refractivity contribution >= 4 is 34.6 Å². The summed E-state index contributed by atoms with van der Waals surface area (Å²) >= 11 is 6.44. The Morgan fingerprint density at radius 2 is 1.78 bits per heavy atom. The summed E-state index contributed by atoms with van der Waals surface area (Å²) in [5, 5.41) is 9.70. The van der Waals surface area contributed by atoms with E-state index in [-0.39, 0.29) is 17.5 Å². The number of H-pyrrole nitrogens is 1. The standard InChI is InChI=1S/C23H19ClN4O4/c1-12-4-9-15(10-16(12)22(30)31)32-23-25-18-11-17(24)19(26-20(18)27-23)13-5-7-14(8-6-13)21(29)28(2)3/h4-11H,1-3H3,(H,30,31)(H,25,26,27). The summed E-state index contributed by atoms with van der Waals surface area (Å²) < 4.78 is 5.70. The van der Waals surface area contributed by atoms with Gasteiger partial charge in [-0.1, -0.05) is 29.8 Å². The van der Waals surface area contributed by atoms with Crippen molar-refractivity contribution in [1.82, 2.24) is 19.9 Å². The number of carboxylic acids is 1. The molecule has 1 amide bonds. The number of fused-ring (bicyclic) bond motifs is 1. The van der Waals surface area contributed by atoms with Crippen LogP contribution >= 0.6 is 11.6 Å². The number of nitrogens with zero attached hydrogens (tertiary/aromatic N) is 3. The van der Waals surface area contributed by atoms with Gasteiger partial charge in [-0.3, -0.25) is 4.79 Å². The molecule has 2 aromatic heterocycles. The van der Waals surface area contributed by atoms with Crippen LogP contribution in [-0.4, -0.2) is 50.9 Å². The predicted octanol–water partition coefficient (Wildman–Crippen LogP) is 4.78. The molecule has 0 spiro atoms. The lowest BCUT2D eigenvalue weighted by atomic mass is 10.1. The number of benzene rings is 2. The first-order valence-electron chi connectivity index (χ1n) is 9.63. The molecule has 162 valence electrons. The molecule has 0 aliphatic rings. The summed E-state index contributed by atoms with van der Waals surface area (Å²) in [6.07, 6.45) is 0. The number of rotatable bonds is 5. The van der Waals surface area contributed by atoms with E-state index in [9.17, 15) is 14.7 Å². The fourth-order valence-corrected chi connectivity index (χ4v) is 3.44. The summed E-state index contributed by atoms with van der Waals surface area (Å²) in [5.41, 5.74) is 3.55. The van der Waals surface area contributed by atoms with Crippen LogP contribution in [0.2, 0.25) is 5.02 Å². The minimum Gasteiger partial charge on any atom is -0.478 e. The van der Waals surface area contributed by atoms with Crippen LogP contribution in [0.25, 0.3) is 22.4 Å². The van der Waals surface area contributed by atoms with E-state index in [0.717, 1.165) is 5.56 Å². The molecule has 0 saturated carbocycles. The number of carbonyl (C=O) groups excluding carboxylic acids is 1. The number of halogens is 1. The largest absolute Gasteiger partial charge is 0.478 e. The highest BCUT2D eigenvalue weighted by Gasteiger charge is 2.15. The normalized spacial score (nSPS) is 10.9. The Kier molecular flexibility index (Phi) is 5.54. The number of aromatic amines is 1. The Morgan fingerprint density at radius 1 is 1.06 bits per heavy atom. The van der Waals surface area contributed by atoms with E-state index >= 15 is 0 Å². The van der Waals surface area contributed by atoms with E-state index in [2.05, 4.69) is 15.0 Å². The minimum atomic E-state index is -1.03. The van der Waals surface area contributed by atoms with Crippen molar-refractivity contribution < 1.29 is 19.4 Å². The third-order valence-corrected chi connectivity index (χ3v) is 5.16. The number of hydrogen-bond acceptors (Lipinski definition) is 5. The molecule has 0 fully saturated rings. The van der Waals surface area contributed by atoms with Crippen molar-refractivity contribution in [2.24, 2.45) is 0 Å². The van der Waals surface area contributed by atoms with Crippen LogP contribution in [0.15, 0.2) is 48.5 Å². The van der Waals surface area contributed by atoms with Gasteiger partial charge in [-0.2, -0.15) is 4.98 Å². The summed E-state index contributed by atoms with van der Waals surface area (Å²) in [4.78, 5) is 36.8. The number of pyridine rings is 1. The predicted molar refractivity (Wildman–Crippen MR) is 121 cm³/mol. The Labute approximate surface area is 188 Å². The number of carbonyl (C=O) groups is 2. The van der Waals surface area contributed by atoms with Crippen molar-refractivity contribution in [3.05, 3.63) is 70.2 Å². The first kappa shape index (κ1) is 21.3. The van der Waals surface area contributed by atoms with Gasteiger partial charge >= 0.3 is 12.0 Å². The van der Waals surface area contributed by atoms with E-state index in [1.807, 2.05) is 0 Å². The molecule has 2 aromatic carbocycles. The zero-order valence-electron chi connectivity index (χ0n) is 17.5. The van der Waals surface area contributed by atoms with Crippen LogP contribution in [-0.2, 0) is 0 Å². The summed E-state index contributed by atoms with van der Waals surface area (Å²) in [6, 6.07) is 13.6. The highest BCUT2D eigenvalue weighted by atomic mass is 35.5. The van der Waals surface area contributed by atoms with E-state index in [0.29, 0.717) is 38.8 Å². The SMILES string of the molecule is Cc1ccc(Oc2nc3nc(-c4ccc(C(=O)N(C)C)cc4)c(Cl)cc3[nH]2)cc1C(=O)O. The van der Waals surface area contributed by atoms with Crippen molar-refractivity contribution in [3.63, 3.8) is 0 Å². The molecule has 2 N–H and O–H groups in total. The average molecular weight is 451 g/mol. The topological polar surface area (TPSA) is 108 Å². The molecular weight excluding hydrogens is 432 g/mol. The molecule has 0 unspecified atom stereocenters. The van der Waals surface area contributed by atoms with Crippen LogP contribution in [0.4, 0.5) is 0 Å². The van der Waals surface area contributed by atoms with E-state index < -0.39 is 5.97 Å². The Hall–Kier alpha value is -3.91. The molecule has 4 rings (SSSR count). The maximum atomic E-state index is 12.1. The molecule has 2 heterocycles. The molecule has 0 atom stereocenters. The fourth-order valence-electron chi connectivity index (χ4n) is 3.18. The van der Waals surface area contributed by atoms with Crippen molar-refractivity contribution in [3.8, 4) is 23.0 Å². The number of carboxylic acid groups (broad SMARTS) is 1. The second kappa shape index (κ2) is 8.32. The van der Waals surface area contributed by atoms with Gasteiger partial charge in [0.2, 0.25) is 0 Å². The average Bonchev–Trinajstić information content (AvgIpc) is 3.14. The number of imidazole rings is 1. The Balaban J connectivity index is 1.64. The zero-order valence-corrected chi connectivity index (χ0v) is 18.3. The van der Waals surface area contributed by atoms with Crippen molar-refractivity contribution in [1.29, 1.82) is 0 Å². The number of aromatic carboxylic acids is 1. The number of aryl methyl sites for hydroxylation is 1. The number of nitrogens with one attached hydrogen (secondary N) is 1. The lowest BCUT2D eigenvalue weighted by Gasteiger charge is -2.10. The Morgan fingerprint density at radius 3 is 2.44 bits per heavy atom. The quantitative estimate of drug-likeness (QED) is 0.453. The van der Waals surface area contributed by atoms with E-state index in [4.69, 9.17) is 16.3 Å². The molecule has 32 heavy (non-hydrogen) atoms. The van der Waals surface area contributed by atoms with Gasteiger partial charge in [0, 0.05) is 25.2 Å². The monoisotopic (exact) mass is 450 g/mol. The molecule has 0 radical (unpaired) electrons. The maximum Gasteiger partial charge on any atom is 0.336 e.